The predicted molar refractivity (Wildman–Crippen MR) is 69.1 cm³/mol. The smallest absolute Gasteiger partial charge is 0.270 e. The van der Waals surface area contributed by atoms with Gasteiger partial charge in [0.05, 0.1) is 5.01 Å². The highest BCUT2D eigenvalue weighted by Gasteiger charge is 2.16. The first-order chi connectivity index (χ1) is 8.29. The van der Waals surface area contributed by atoms with Gasteiger partial charge in [-0.1, -0.05) is 12.2 Å². The van der Waals surface area contributed by atoms with Crippen LogP contribution >= 0.6 is 11.3 Å². The molecule has 0 spiro atoms. The Morgan fingerprint density at radius 1 is 1.59 bits per heavy atom. The number of aromatic nitrogens is 1. The molecule has 0 saturated heterocycles. The molecule has 1 atom stereocenters. The number of nitrogens with two attached hydrogens (primary N) is 1. The molecule has 1 amide bonds. The summed E-state index contributed by atoms with van der Waals surface area (Å²) in [5, 5.41) is 5.75. The molecule has 1 heterocycles. The predicted octanol–water partition coefficient (Wildman–Crippen LogP) is 1.48. The normalized spacial score (nSPS) is 19.2. The summed E-state index contributed by atoms with van der Waals surface area (Å²) in [5.41, 5.74) is 5.98. The molecule has 17 heavy (non-hydrogen) atoms. The van der Waals surface area contributed by atoms with E-state index in [0.29, 0.717) is 12.2 Å². The molecular weight excluding hydrogens is 234 g/mol. The number of rotatable bonds is 4. The van der Waals surface area contributed by atoms with E-state index in [9.17, 15) is 4.79 Å². The molecule has 1 aliphatic rings. The first kappa shape index (κ1) is 12.3. The Kier molecular flexibility index (Phi) is 4.28. The van der Waals surface area contributed by atoms with Gasteiger partial charge in [0.25, 0.3) is 5.91 Å². The Balaban J connectivity index is 1.91. The van der Waals surface area contributed by atoms with Crippen molar-refractivity contribution in [2.45, 2.75) is 31.7 Å². The van der Waals surface area contributed by atoms with Crippen LogP contribution in [0.2, 0.25) is 0 Å². The second-order valence-electron chi connectivity index (χ2n) is 4.12. The number of hydrogen-bond donors (Lipinski definition) is 2. The third-order valence-electron chi connectivity index (χ3n) is 2.75. The van der Waals surface area contributed by atoms with Crippen molar-refractivity contribution in [3.8, 4) is 0 Å². The van der Waals surface area contributed by atoms with Crippen molar-refractivity contribution in [1.82, 2.24) is 10.3 Å². The first-order valence-electron chi connectivity index (χ1n) is 5.90. The Hall–Kier alpha value is -1.20. The van der Waals surface area contributed by atoms with Crippen LogP contribution < -0.4 is 11.1 Å². The Bertz CT molecular complexity index is 414. The van der Waals surface area contributed by atoms with E-state index in [-0.39, 0.29) is 11.9 Å². The molecule has 0 aliphatic heterocycles. The second kappa shape index (κ2) is 5.93. The van der Waals surface area contributed by atoms with Gasteiger partial charge in [-0.3, -0.25) is 4.79 Å². The van der Waals surface area contributed by atoms with Gasteiger partial charge in [-0.2, -0.15) is 0 Å². The minimum Gasteiger partial charge on any atom is -0.348 e. The lowest BCUT2D eigenvalue weighted by atomic mass is 10.0. The number of carbonyl (C=O) groups is 1. The molecule has 1 aromatic heterocycles. The van der Waals surface area contributed by atoms with Crippen molar-refractivity contribution in [2.24, 2.45) is 5.73 Å². The number of nitrogens with one attached hydrogen (secondary N) is 1. The van der Waals surface area contributed by atoms with E-state index in [1.54, 1.807) is 5.38 Å². The fourth-order valence-corrected chi connectivity index (χ4v) is 2.63. The fourth-order valence-electron chi connectivity index (χ4n) is 1.84. The molecule has 0 saturated carbocycles. The molecule has 2 rings (SSSR count). The van der Waals surface area contributed by atoms with Gasteiger partial charge >= 0.3 is 0 Å². The Morgan fingerprint density at radius 2 is 2.47 bits per heavy atom. The summed E-state index contributed by atoms with van der Waals surface area (Å²) in [7, 11) is 0. The minimum atomic E-state index is -0.0650. The highest BCUT2D eigenvalue weighted by Crippen LogP contribution is 2.13. The lowest BCUT2D eigenvalue weighted by Crippen LogP contribution is -2.35. The van der Waals surface area contributed by atoms with Gasteiger partial charge in [-0.05, 0) is 25.8 Å². The molecule has 0 fully saturated rings. The molecule has 3 N–H and O–H groups in total. The van der Waals surface area contributed by atoms with Gasteiger partial charge in [-0.15, -0.1) is 11.3 Å². The highest BCUT2D eigenvalue weighted by molar-refractivity contribution is 7.09. The zero-order valence-electron chi connectivity index (χ0n) is 9.69. The van der Waals surface area contributed by atoms with Crippen LogP contribution in [0.3, 0.4) is 0 Å². The van der Waals surface area contributed by atoms with Crippen LogP contribution in [0.1, 0.15) is 34.8 Å². The Morgan fingerprint density at radius 3 is 3.18 bits per heavy atom. The standard InChI is InChI=1S/C12H17N3OS/c13-7-6-11-15-10(8-17-11)12(16)14-9-4-2-1-3-5-9/h1-2,8-9H,3-7,13H2,(H,14,16). The van der Waals surface area contributed by atoms with Gasteiger partial charge in [0.1, 0.15) is 5.69 Å². The van der Waals surface area contributed by atoms with Crippen molar-refractivity contribution in [2.75, 3.05) is 6.54 Å². The maximum Gasteiger partial charge on any atom is 0.270 e. The second-order valence-corrected chi connectivity index (χ2v) is 5.06. The number of allylic oxidation sites excluding steroid dienone is 1. The summed E-state index contributed by atoms with van der Waals surface area (Å²) in [6.07, 6.45) is 8.00. The van der Waals surface area contributed by atoms with Crippen LogP contribution in [0.15, 0.2) is 17.5 Å². The van der Waals surface area contributed by atoms with E-state index in [2.05, 4.69) is 22.5 Å². The van der Waals surface area contributed by atoms with Gasteiger partial charge in [-0.25, -0.2) is 4.98 Å². The summed E-state index contributed by atoms with van der Waals surface area (Å²) in [5.74, 6) is -0.0650. The first-order valence-corrected chi connectivity index (χ1v) is 6.78. The van der Waals surface area contributed by atoms with Crippen LogP contribution in [0.25, 0.3) is 0 Å². The lowest BCUT2D eigenvalue weighted by molar-refractivity contribution is 0.0930. The molecule has 92 valence electrons. The zero-order chi connectivity index (χ0) is 12.1. The highest BCUT2D eigenvalue weighted by atomic mass is 32.1. The Labute approximate surface area is 105 Å². The van der Waals surface area contributed by atoms with Crippen LogP contribution in [0, 0.1) is 0 Å². The molecule has 1 aromatic rings. The fraction of sp³-hybridized carbons (Fsp3) is 0.500. The minimum absolute atomic E-state index is 0.0650. The molecule has 1 aliphatic carbocycles. The summed E-state index contributed by atoms with van der Waals surface area (Å²) in [4.78, 5) is 16.2. The molecule has 0 radical (unpaired) electrons. The van der Waals surface area contributed by atoms with Gasteiger partial charge in [0.15, 0.2) is 0 Å². The van der Waals surface area contributed by atoms with Gasteiger partial charge in [0, 0.05) is 17.8 Å². The average molecular weight is 251 g/mol. The van der Waals surface area contributed by atoms with E-state index in [4.69, 9.17) is 5.73 Å². The van der Waals surface area contributed by atoms with Crippen LogP contribution in [-0.4, -0.2) is 23.5 Å². The third-order valence-corrected chi connectivity index (χ3v) is 3.66. The van der Waals surface area contributed by atoms with Gasteiger partial charge in [0.2, 0.25) is 0 Å². The summed E-state index contributed by atoms with van der Waals surface area (Å²) in [6.45, 7) is 0.571. The van der Waals surface area contributed by atoms with E-state index in [1.165, 1.54) is 11.3 Å². The van der Waals surface area contributed by atoms with E-state index in [0.717, 1.165) is 30.7 Å². The summed E-state index contributed by atoms with van der Waals surface area (Å²) < 4.78 is 0. The maximum atomic E-state index is 11.9. The number of nitrogens with zero attached hydrogens (tertiary/aromatic N) is 1. The lowest BCUT2D eigenvalue weighted by Gasteiger charge is -2.18. The average Bonchev–Trinajstić information content (AvgIpc) is 2.79. The molecular formula is C12H17N3OS. The van der Waals surface area contributed by atoms with Crippen molar-refractivity contribution >= 4 is 17.2 Å². The van der Waals surface area contributed by atoms with Gasteiger partial charge < -0.3 is 11.1 Å². The molecule has 4 nitrogen and oxygen atoms in total. The van der Waals surface area contributed by atoms with Crippen molar-refractivity contribution in [1.29, 1.82) is 0 Å². The number of carbonyl (C=O) groups excluding carboxylic acids is 1. The number of thiazole rings is 1. The largest absolute Gasteiger partial charge is 0.348 e. The van der Waals surface area contributed by atoms with Crippen molar-refractivity contribution in [3.05, 3.63) is 28.2 Å². The molecule has 0 bridgehead atoms. The quantitative estimate of drug-likeness (QED) is 0.797. The topological polar surface area (TPSA) is 68.0 Å². The van der Waals surface area contributed by atoms with Crippen LogP contribution in [0.5, 0.6) is 0 Å². The monoisotopic (exact) mass is 251 g/mol. The summed E-state index contributed by atoms with van der Waals surface area (Å²) >= 11 is 1.50. The summed E-state index contributed by atoms with van der Waals surface area (Å²) in [6, 6.07) is 0.257. The number of amides is 1. The number of hydrogen-bond acceptors (Lipinski definition) is 4. The SMILES string of the molecule is NCCc1nc(C(=O)NC2CC=CCC2)cs1. The van der Waals surface area contributed by atoms with Crippen LogP contribution in [-0.2, 0) is 6.42 Å². The molecule has 1 unspecified atom stereocenters. The van der Waals surface area contributed by atoms with Crippen molar-refractivity contribution in [3.63, 3.8) is 0 Å². The zero-order valence-corrected chi connectivity index (χ0v) is 10.5. The van der Waals surface area contributed by atoms with Crippen LogP contribution in [0.4, 0.5) is 0 Å². The van der Waals surface area contributed by atoms with E-state index in [1.807, 2.05) is 0 Å². The maximum absolute atomic E-state index is 11.9. The molecule has 5 heteroatoms. The van der Waals surface area contributed by atoms with Crippen molar-refractivity contribution < 1.29 is 4.79 Å². The third kappa shape index (κ3) is 3.38. The van der Waals surface area contributed by atoms with E-state index >= 15 is 0 Å². The molecule has 0 aromatic carbocycles. The van der Waals surface area contributed by atoms with E-state index < -0.39 is 0 Å².